The summed E-state index contributed by atoms with van der Waals surface area (Å²) in [5.74, 6) is -0.713. The number of carbonyl (C=O) groups is 2. The van der Waals surface area contributed by atoms with E-state index >= 15 is 0 Å². The third kappa shape index (κ3) is 4.56. The molecule has 0 unspecified atom stereocenters. The minimum absolute atomic E-state index is 0.331. The number of hydrogen-bond acceptors (Lipinski definition) is 3. The number of nitrogens with one attached hydrogen (secondary N) is 2. The van der Waals surface area contributed by atoms with E-state index in [1.165, 1.54) is 6.07 Å². The number of anilines is 2. The maximum absolute atomic E-state index is 12.6. The Morgan fingerprint density at radius 1 is 0.893 bits per heavy atom. The van der Waals surface area contributed by atoms with Gasteiger partial charge in [-0.1, -0.05) is 29.8 Å². The van der Waals surface area contributed by atoms with Gasteiger partial charge in [-0.25, -0.2) is 0 Å². The number of carbonyl (C=O) groups excluding carboxylic acids is 2. The topological polar surface area (TPSA) is 82.0 Å². The normalized spacial score (nSPS) is 10.0. The Morgan fingerprint density at radius 2 is 1.57 bits per heavy atom. The highest BCUT2D eigenvalue weighted by Gasteiger charge is 2.12. The zero-order valence-corrected chi connectivity index (χ0v) is 15.7. The molecule has 3 aromatic carbocycles. The molecule has 0 fully saturated rings. The molecule has 2 amide bonds. The molecule has 0 aliphatic carbocycles. The van der Waals surface area contributed by atoms with Crippen LogP contribution in [0.1, 0.15) is 31.8 Å². The van der Waals surface area contributed by atoms with Crippen LogP contribution >= 0.6 is 11.6 Å². The minimum Gasteiger partial charge on any atom is -0.322 e. The zero-order valence-electron chi connectivity index (χ0n) is 15.0. The van der Waals surface area contributed by atoms with E-state index in [9.17, 15) is 9.59 Å². The van der Waals surface area contributed by atoms with Gasteiger partial charge < -0.3 is 10.6 Å². The van der Waals surface area contributed by atoms with E-state index in [1.54, 1.807) is 54.6 Å². The molecule has 3 aromatic rings. The fraction of sp³-hybridized carbons (Fsp3) is 0.0455. The lowest BCUT2D eigenvalue weighted by molar-refractivity contribution is 0.102. The average Bonchev–Trinajstić information content (AvgIpc) is 2.71. The Balaban J connectivity index is 1.77. The molecule has 0 saturated heterocycles. The number of amides is 2. The molecule has 0 aliphatic rings. The van der Waals surface area contributed by atoms with Crippen molar-refractivity contribution in [2.24, 2.45) is 0 Å². The van der Waals surface area contributed by atoms with Gasteiger partial charge in [-0.2, -0.15) is 5.26 Å². The monoisotopic (exact) mass is 389 g/mol. The molecular formula is C22H16ClN3O2. The molecule has 0 radical (unpaired) electrons. The number of nitriles is 1. The van der Waals surface area contributed by atoms with Gasteiger partial charge in [0.05, 0.1) is 11.6 Å². The maximum Gasteiger partial charge on any atom is 0.255 e. The first-order valence-corrected chi connectivity index (χ1v) is 8.83. The van der Waals surface area contributed by atoms with Crippen LogP contribution in [0.4, 0.5) is 11.4 Å². The highest BCUT2D eigenvalue weighted by molar-refractivity contribution is 6.31. The van der Waals surface area contributed by atoms with Crippen molar-refractivity contribution in [3.05, 3.63) is 94.0 Å². The van der Waals surface area contributed by atoms with Crippen LogP contribution in [0.2, 0.25) is 5.02 Å². The lowest BCUT2D eigenvalue weighted by Crippen LogP contribution is -2.16. The predicted octanol–water partition coefficient (Wildman–Crippen LogP) is 5.02. The fourth-order valence-corrected chi connectivity index (χ4v) is 2.77. The van der Waals surface area contributed by atoms with E-state index in [-0.39, 0.29) is 11.8 Å². The Bertz CT molecular complexity index is 1100. The van der Waals surface area contributed by atoms with Gasteiger partial charge in [0, 0.05) is 27.5 Å². The summed E-state index contributed by atoms with van der Waals surface area (Å²) in [7, 11) is 0. The van der Waals surface area contributed by atoms with Crippen molar-refractivity contribution in [1.82, 2.24) is 0 Å². The van der Waals surface area contributed by atoms with Gasteiger partial charge in [-0.05, 0) is 61.0 Å². The van der Waals surface area contributed by atoms with Gasteiger partial charge in [0.15, 0.2) is 0 Å². The van der Waals surface area contributed by atoms with Gasteiger partial charge in [-0.3, -0.25) is 9.59 Å². The molecule has 2 N–H and O–H groups in total. The molecule has 0 aliphatic heterocycles. The molecule has 5 nitrogen and oxygen atoms in total. The van der Waals surface area contributed by atoms with Gasteiger partial charge in [0.25, 0.3) is 11.8 Å². The van der Waals surface area contributed by atoms with Crippen LogP contribution in [-0.2, 0) is 0 Å². The van der Waals surface area contributed by atoms with Crippen LogP contribution < -0.4 is 10.6 Å². The standard InChI is InChI=1S/C22H16ClN3O2/c1-14-8-9-18(23)12-20(14)26-22(28)17-6-3-5-16(11-17)21(27)25-19-7-2-4-15(10-19)13-24/h2-12H,1H3,(H,25,27)(H,26,28). The largest absolute Gasteiger partial charge is 0.322 e. The quantitative estimate of drug-likeness (QED) is 0.656. The summed E-state index contributed by atoms with van der Waals surface area (Å²) in [4.78, 5) is 25.1. The van der Waals surface area contributed by atoms with Crippen LogP contribution in [0.15, 0.2) is 66.7 Å². The van der Waals surface area contributed by atoms with Gasteiger partial charge in [-0.15, -0.1) is 0 Å². The van der Waals surface area contributed by atoms with Crippen LogP contribution in [0.5, 0.6) is 0 Å². The van der Waals surface area contributed by atoms with E-state index < -0.39 is 0 Å². The van der Waals surface area contributed by atoms with Crippen LogP contribution in [0.3, 0.4) is 0 Å². The Labute approximate surface area is 167 Å². The van der Waals surface area contributed by atoms with E-state index in [0.29, 0.717) is 33.1 Å². The van der Waals surface area contributed by atoms with Gasteiger partial charge >= 0.3 is 0 Å². The molecule has 28 heavy (non-hydrogen) atoms. The average molecular weight is 390 g/mol. The van der Waals surface area contributed by atoms with E-state index in [4.69, 9.17) is 16.9 Å². The molecule has 0 bridgehead atoms. The zero-order chi connectivity index (χ0) is 20.1. The molecular weight excluding hydrogens is 374 g/mol. The summed E-state index contributed by atoms with van der Waals surface area (Å²) in [5, 5.41) is 15.0. The van der Waals surface area contributed by atoms with Crippen molar-refractivity contribution in [3.8, 4) is 6.07 Å². The molecule has 0 spiro atoms. The Hall–Kier alpha value is -3.62. The molecule has 138 valence electrons. The number of benzene rings is 3. The summed E-state index contributed by atoms with van der Waals surface area (Å²) < 4.78 is 0. The number of aryl methyl sites for hydroxylation is 1. The highest BCUT2D eigenvalue weighted by Crippen LogP contribution is 2.21. The van der Waals surface area contributed by atoms with Gasteiger partial charge in [0.1, 0.15) is 0 Å². The molecule has 0 saturated carbocycles. The van der Waals surface area contributed by atoms with E-state index in [1.807, 2.05) is 19.1 Å². The number of hydrogen-bond donors (Lipinski definition) is 2. The second-order valence-electron chi connectivity index (χ2n) is 6.14. The number of halogens is 1. The minimum atomic E-state index is -0.372. The first kappa shape index (κ1) is 19.2. The second-order valence-corrected chi connectivity index (χ2v) is 6.58. The highest BCUT2D eigenvalue weighted by atomic mass is 35.5. The van der Waals surface area contributed by atoms with Crippen molar-refractivity contribution < 1.29 is 9.59 Å². The first-order valence-electron chi connectivity index (χ1n) is 8.45. The lowest BCUT2D eigenvalue weighted by atomic mass is 10.1. The van der Waals surface area contributed by atoms with E-state index in [0.717, 1.165) is 5.56 Å². The van der Waals surface area contributed by atoms with Crippen molar-refractivity contribution in [2.75, 3.05) is 10.6 Å². The Morgan fingerprint density at radius 3 is 2.29 bits per heavy atom. The first-order chi connectivity index (χ1) is 13.5. The van der Waals surface area contributed by atoms with Crippen molar-refractivity contribution >= 4 is 34.8 Å². The number of rotatable bonds is 4. The van der Waals surface area contributed by atoms with Crippen molar-refractivity contribution in [3.63, 3.8) is 0 Å². The maximum atomic E-state index is 12.6. The predicted molar refractivity (Wildman–Crippen MR) is 110 cm³/mol. The van der Waals surface area contributed by atoms with E-state index in [2.05, 4.69) is 10.6 Å². The molecule has 6 heteroatoms. The second kappa shape index (κ2) is 8.38. The third-order valence-corrected chi connectivity index (χ3v) is 4.32. The SMILES string of the molecule is Cc1ccc(Cl)cc1NC(=O)c1cccc(C(=O)Nc2cccc(C#N)c2)c1. The van der Waals surface area contributed by atoms with Crippen LogP contribution in [-0.4, -0.2) is 11.8 Å². The fourth-order valence-electron chi connectivity index (χ4n) is 2.59. The summed E-state index contributed by atoms with van der Waals surface area (Å²) in [6, 6.07) is 20.3. The molecule has 3 rings (SSSR count). The Kier molecular flexibility index (Phi) is 5.73. The summed E-state index contributed by atoms with van der Waals surface area (Å²) in [6.45, 7) is 1.87. The lowest BCUT2D eigenvalue weighted by Gasteiger charge is -2.10. The smallest absolute Gasteiger partial charge is 0.255 e. The van der Waals surface area contributed by atoms with Gasteiger partial charge in [0.2, 0.25) is 0 Å². The number of nitrogens with zero attached hydrogens (tertiary/aromatic N) is 1. The molecule has 0 heterocycles. The third-order valence-electron chi connectivity index (χ3n) is 4.08. The summed E-state index contributed by atoms with van der Waals surface area (Å²) >= 11 is 5.99. The summed E-state index contributed by atoms with van der Waals surface area (Å²) in [5.41, 5.74) is 3.12. The molecule has 0 atom stereocenters. The van der Waals surface area contributed by atoms with Crippen molar-refractivity contribution in [1.29, 1.82) is 5.26 Å². The van der Waals surface area contributed by atoms with Crippen molar-refractivity contribution in [2.45, 2.75) is 6.92 Å². The van der Waals surface area contributed by atoms with Crippen LogP contribution in [0.25, 0.3) is 0 Å². The molecule has 0 aromatic heterocycles. The van der Waals surface area contributed by atoms with Crippen LogP contribution in [0, 0.1) is 18.3 Å². The summed E-state index contributed by atoms with van der Waals surface area (Å²) in [6.07, 6.45) is 0.